The van der Waals surface area contributed by atoms with Crippen LogP contribution in [0.3, 0.4) is 0 Å². The first-order valence-corrected chi connectivity index (χ1v) is 7.39. The standard InChI is InChI=1S/C19H22N2O.ClH/c1-21(2)15-16-22-20-19(18-11-7-4-8-12-18)14-13-17-9-5-3-6-10-17;/h3-14H,15-16H2,1-2H3;1H. The Morgan fingerprint density at radius 2 is 1.61 bits per heavy atom. The van der Waals surface area contributed by atoms with Crippen molar-refractivity contribution < 1.29 is 4.84 Å². The van der Waals surface area contributed by atoms with Crippen LogP contribution in [0.5, 0.6) is 0 Å². The first-order valence-electron chi connectivity index (χ1n) is 7.39. The Balaban J connectivity index is 0.00000264. The van der Waals surface area contributed by atoms with Gasteiger partial charge in [0.25, 0.3) is 0 Å². The lowest BCUT2D eigenvalue weighted by molar-refractivity contribution is 0.126. The second-order valence-corrected chi connectivity index (χ2v) is 5.22. The van der Waals surface area contributed by atoms with Crippen LogP contribution in [0.1, 0.15) is 11.1 Å². The highest BCUT2D eigenvalue weighted by Crippen LogP contribution is 2.07. The summed E-state index contributed by atoms with van der Waals surface area (Å²) < 4.78 is 0. The Kier molecular flexibility index (Phi) is 8.73. The van der Waals surface area contributed by atoms with Crippen LogP contribution in [0, 0.1) is 0 Å². The van der Waals surface area contributed by atoms with Gasteiger partial charge in [0.1, 0.15) is 12.3 Å². The first-order chi connectivity index (χ1) is 10.8. The van der Waals surface area contributed by atoms with Crippen LogP contribution in [-0.4, -0.2) is 37.9 Å². The number of oxime groups is 1. The largest absolute Gasteiger partial charge is 0.394 e. The van der Waals surface area contributed by atoms with Crippen LogP contribution in [-0.2, 0) is 4.84 Å². The molecule has 23 heavy (non-hydrogen) atoms. The molecule has 122 valence electrons. The number of nitrogens with zero attached hydrogens (tertiary/aromatic N) is 2. The number of rotatable bonds is 7. The third-order valence-corrected chi connectivity index (χ3v) is 3.10. The van der Waals surface area contributed by atoms with Crippen molar-refractivity contribution in [1.82, 2.24) is 4.90 Å². The molecule has 0 saturated heterocycles. The summed E-state index contributed by atoms with van der Waals surface area (Å²) in [5.41, 5.74) is 3.00. The summed E-state index contributed by atoms with van der Waals surface area (Å²) in [6, 6.07) is 20.2. The summed E-state index contributed by atoms with van der Waals surface area (Å²) in [6.45, 7) is 1.41. The molecule has 2 aromatic rings. The van der Waals surface area contributed by atoms with Gasteiger partial charge in [0.2, 0.25) is 0 Å². The van der Waals surface area contributed by atoms with Gasteiger partial charge < -0.3 is 9.74 Å². The van der Waals surface area contributed by atoms with Crippen LogP contribution in [0.25, 0.3) is 6.08 Å². The second-order valence-electron chi connectivity index (χ2n) is 5.22. The monoisotopic (exact) mass is 330 g/mol. The molecule has 0 N–H and O–H groups in total. The average Bonchev–Trinajstić information content (AvgIpc) is 2.55. The van der Waals surface area contributed by atoms with Crippen molar-refractivity contribution in [1.29, 1.82) is 0 Å². The molecule has 0 unspecified atom stereocenters. The van der Waals surface area contributed by atoms with Crippen LogP contribution in [0.4, 0.5) is 0 Å². The van der Waals surface area contributed by atoms with Crippen molar-refractivity contribution >= 4 is 24.2 Å². The van der Waals surface area contributed by atoms with Crippen molar-refractivity contribution in [2.24, 2.45) is 5.16 Å². The molecule has 0 saturated carbocycles. The molecule has 2 aromatic carbocycles. The van der Waals surface area contributed by atoms with Gasteiger partial charge in [0.05, 0.1) is 0 Å². The number of halogens is 1. The number of hydrogen-bond acceptors (Lipinski definition) is 3. The van der Waals surface area contributed by atoms with Gasteiger partial charge in [-0.3, -0.25) is 0 Å². The van der Waals surface area contributed by atoms with Gasteiger partial charge in [-0.25, -0.2) is 0 Å². The van der Waals surface area contributed by atoms with Gasteiger partial charge in [-0.2, -0.15) is 0 Å². The summed E-state index contributed by atoms with van der Waals surface area (Å²) in [5.74, 6) is 0. The average molecular weight is 331 g/mol. The maximum Gasteiger partial charge on any atom is 0.129 e. The SMILES string of the molecule is CN(C)CCON=C(C=Cc1ccccc1)c1ccccc1.Cl. The number of benzene rings is 2. The van der Waals surface area contributed by atoms with E-state index in [4.69, 9.17) is 4.84 Å². The Labute approximate surface area is 144 Å². The third-order valence-electron chi connectivity index (χ3n) is 3.10. The van der Waals surface area contributed by atoms with Crippen molar-refractivity contribution in [3.05, 3.63) is 77.9 Å². The van der Waals surface area contributed by atoms with E-state index >= 15 is 0 Å². The summed E-state index contributed by atoms with van der Waals surface area (Å²) >= 11 is 0. The molecule has 0 bridgehead atoms. The van der Waals surface area contributed by atoms with Gasteiger partial charge in [-0.05, 0) is 25.7 Å². The molecule has 0 heterocycles. The molecule has 0 radical (unpaired) electrons. The van der Waals surface area contributed by atoms with Gasteiger partial charge in [0, 0.05) is 12.1 Å². The van der Waals surface area contributed by atoms with Gasteiger partial charge >= 0.3 is 0 Å². The van der Waals surface area contributed by atoms with Crippen molar-refractivity contribution in [3.8, 4) is 0 Å². The van der Waals surface area contributed by atoms with Crippen LogP contribution < -0.4 is 0 Å². The Bertz CT molecular complexity index is 610. The van der Waals surface area contributed by atoms with Crippen molar-refractivity contribution in [3.63, 3.8) is 0 Å². The number of hydrogen-bond donors (Lipinski definition) is 0. The summed E-state index contributed by atoms with van der Waals surface area (Å²) in [6.07, 6.45) is 4.03. The highest BCUT2D eigenvalue weighted by Gasteiger charge is 2.00. The minimum Gasteiger partial charge on any atom is -0.394 e. The van der Waals surface area contributed by atoms with E-state index in [0.717, 1.165) is 23.4 Å². The van der Waals surface area contributed by atoms with Gasteiger partial charge in [-0.15, -0.1) is 12.4 Å². The Morgan fingerprint density at radius 3 is 2.22 bits per heavy atom. The molecule has 3 nitrogen and oxygen atoms in total. The third kappa shape index (κ3) is 7.13. The van der Waals surface area contributed by atoms with E-state index < -0.39 is 0 Å². The van der Waals surface area contributed by atoms with E-state index in [9.17, 15) is 0 Å². The zero-order chi connectivity index (χ0) is 15.6. The fourth-order valence-electron chi connectivity index (χ4n) is 1.87. The lowest BCUT2D eigenvalue weighted by Gasteiger charge is -2.08. The summed E-state index contributed by atoms with van der Waals surface area (Å²) in [4.78, 5) is 7.51. The van der Waals surface area contributed by atoms with E-state index in [2.05, 4.69) is 22.2 Å². The molecule has 2 rings (SSSR count). The lowest BCUT2D eigenvalue weighted by atomic mass is 10.1. The quantitative estimate of drug-likeness (QED) is 0.433. The molecule has 0 aromatic heterocycles. The molecule has 4 heteroatoms. The highest BCUT2D eigenvalue weighted by atomic mass is 35.5. The van der Waals surface area contributed by atoms with Crippen molar-refractivity contribution in [2.45, 2.75) is 0 Å². The van der Waals surface area contributed by atoms with E-state index in [0.29, 0.717) is 6.61 Å². The zero-order valence-corrected chi connectivity index (χ0v) is 14.4. The van der Waals surface area contributed by atoms with Crippen LogP contribution >= 0.6 is 12.4 Å². The maximum atomic E-state index is 5.44. The minimum absolute atomic E-state index is 0. The summed E-state index contributed by atoms with van der Waals surface area (Å²) in [7, 11) is 4.03. The van der Waals surface area contributed by atoms with E-state index in [-0.39, 0.29) is 12.4 Å². The fourth-order valence-corrected chi connectivity index (χ4v) is 1.87. The van der Waals surface area contributed by atoms with E-state index in [1.54, 1.807) is 0 Å². The second kappa shape index (κ2) is 10.6. The predicted octanol–water partition coefficient (Wildman–Crippen LogP) is 4.10. The zero-order valence-electron chi connectivity index (χ0n) is 13.6. The molecule has 0 aliphatic rings. The highest BCUT2D eigenvalue weighted by molar-refractivity contribution is 6.10. The molecular weight excluding hydrogens is 308 g/mol. The first kappa shape index (κ1) is 18.9. The fraction of sp³-hybridized carbons (Fsp3) is 0.211. The number of allylic oxidation sites excluding steroid dienone is 1. The van der Waals surface area contributed by atoms with Crippen molar-refractivity contribution in [2.75, 3.05) is 27.2 Å². The Morgan fingerprint density at radius 1 is 1.00 bits per heavy atom. The lowest BCUT2D eigenvalue weighted by Crippen LogP contribution is -2.17. The van der Waals surface area contributed by atoms with Gasteiger partial charge in [-0.1, -0.05) is 71.9 Å². The molecule has 0 spiro atoms. The predicted molar refractivity (Wildman–Crippen MR) is 100 cm³/mol. The minimum atomic E-state index is 0. The van der Waals surface area contributed by atoms with Gasteiger partial charge in [0.15, 0.2) is 0 Å². The maximum absolute atomic E-state index is 5.44. The molecule has 0 atom stereocenters. The summed E-state index contributed by atoms with van der Waals surface area (Å²) in [5, 5.41) is 4.28. The van der Waals surface area contributed by atoms with Crippen LogP contribution in [0.15, 0.2) is 71.9 Å². The topological polar surface area (TPSA) is 24.8 Å². The molecular formula is C19H23ClN2O. The molecule has 0 aliphatic heterocycles. The smallest absolute Gasteiger partial charge is 0.129 e. The molecule has 0 fully saturated rings. The molecule has 0 amide bonds. The van der Waals surface area contributed by atoms with E-state index in [1.807, 2.05) is 74.8 Å². The normalized spacial score (nSPS) is 11.5. The number of likely N-dealkylation sites (N-methyl/N-ethyl adjacent to an activating group) is 1. The Hall–Kier alpha value is -2.10. The van der Waals surface area contributed by atoms with Crippen LogP contribution in [0.2, 0.25) is 0 Å². The molecule has 0 aliphatic carbocycles. The van der Waals surface area contributed by atoms with E-state index in [1.165, 1.54) is 0 Å².